The Balaban J connectivity index is 2.09. The molecule has 0 aliphatic rings. The number of hydrogen-bond donors (Lipinski definition) is 2. The fourth-order valence-corrected chi connectivity index (χ4v) is 2.44. The molecule has 2 N–H and O–H groups in total. The molecular weight excluding hydrogens is 266 g/mol. The van der Waals surface area contributed by atoms with Gasteiger partial charge in [0, 0.05) is 24.9 Å². The van der Waals surface area contributed by atoms with Crippen LogP contribution in [0.3, 0.4) is 0 Å². The second-order valence-corrected chi connectivity index (χ2v) is 4.89. The number of benzene rings is 1. The summed E-state index contributed by atoms with van der Waals surface area (Å²) in [6.07, 6.45) is 5.42. The quantitative estimate of drug-likeness (QED) is 0.782. The minimum atomic E-state index is 0.333. The van der Waals surface area contributed by atoms with Gasteiger partial charge in [0.1, 0.15) is 5.82 Å². The molecule has 1 heterocycles. The molecule has 1 unspecified atom stereocenters. The van der Waals surface area contributed by atoms with E-state index in [2.05, 4.69) is 28.3 Å². The van der Waals surface area contributed by atoms with Gasteiger partial charge in [-0.3, -0.25) is 0 Å². The molecule has 2 rings (SSSR count). The van der Waals surface area contributed by atoms with E-state index in [1.165, 1.54) is 5.56 Å². The Bertz CT molecular complexity index is 540. The van der Waals surface area contributed by atoms with Gasteiger partial charge in [0.2, 0.25) is 0 Å². The molecule has 0 bridgehead atoms. The lowest BCUT2D eigenvalue weighted by molar-refractivity contribution is 0.354. The maximum atomic E-state index is 5.36. The van der Waals surface area contributed by atoms with Gasteiger partial charge in [-0.2, -0.15) is 0 Å². The highest BCUT2D eigenvalue weighted by Gasteiger charge is 2.13. The van der Waals surface area contributed by atoms with Crippen molar-refractivity contribution in [2.24, 2.45) is 0 Å². The van der Waals surface area contributed by atoms with Gasteiger partial charge < -0.3 is 19.8 Å². The number of H-pyrrole nitrogens is 1. The van der Waals surface area contributed by atoms with Gasteiger partial charge in [-0.25, -0.2) is 4.98 Å². The molecule has 21 heavy (non-hydrogen) atoms. The molecule has 5 nitrogen and oxygen atoms in total. The molecule has 5 heteroatoms. The maximum Gasteiger partial charge on any atom is 0.160 e. The van der Waals surface area contributed by atoms with Gasteiger partial charge in [0.25, 0.3) is 0 Å². The van der Waals surface area contributed by atoms with Gasteiger partial charge in [-0.1, -0.05) is 13.0 Å². The second-order valence-electron chi connectivity index (χ2n) is 4.89. The highest BCUT2D eigenvalue weighted by molar-refractivity contribution is 5.43. The summed E-state index contributed by atoms with van der Waals surface area (Å²) in [5, 5.41) is 3.50. The Kier molecular flexibility index (Phi) is 5.63. The SMILES string of the molecule is CCNC(Cc1ccc(OC)c(OC)c1)Cc1ncc[nH]1. The first-order chi connectivity index (χ1) is 10.3. The van der Waals surface area contributed by atoms with Crippen molar-refractivity contribution in [3.63, 3.8) is 0 Å². The molecule has 0 saturated carbocycles. The Hall–Kier alpha value is -2.01. The molecule has 0 amide bonds. The molecule has 0 aliphatic heterocycles. The van der Waals surface area contributed by atoms with Crippen LogP contribution in [0.4, 0.5) is 0 Å². The van der Waals surface area contributed by atoms with Gasteiger partial charge >= 0.3 is 0 Å². The summed E-state index contributed by atoms with van der Waals surface area (Å²) < 4.78 is 10.6. The van der Waals surface area contributed by atoms with Crippen LogP contribution in [0.15, 0.2) is 30.6 Å². The van der Waals surface area contributed by atoms with Gasteiger partial charge in [-0.15, -0.1) is 0 Å². The van der Waals surface area contributed by atoms with Crippen molar-refractivity contribution in [1.29, 1.82) is 0 Å². The van der Waals surface area contributed by atoms with E-state index in [1.807, 2.05) is 18.3 Å². The predicted molar refractivity (Wildman–Crippen MR) is 83.0 cm³/mol. The molecule has 1 aromatic heterocycles. The van der Waals surface area contributed by atoms with Crippen molar-refractivity contribution in [2.75, 3.05) is 20.8 Å². The fraction of sp³-hybridized carbons (Fsp3) is 0.438. The lowest BCUT2D eigenvalue weighted by Gasteiger charge is -2.18. The number of imidazole rings is 1. The third kappa shape index (κ3) is 4.23. The summed E-state index contributed by atoms with van der Waals surface area (Å²) >= 11 is 0. The minimum Gasteiger partial charge on any atom is -0.493 e. The van der Waals surface area contributed by atoms with Crippen LogP contribution in [-0.2, 0) is 12.8 Å². The third-order valence-corrected chi connectivity index (χ3v) is 3.42. The number of likely N-dealkylation sites (N-methyl/N-ethyl adjacent to an activating group) is 1. The molecule has 0 aliphatic carbocycles. The third-order valence-electron chi connectivity index (χ3n) is 3.42. The van der Waals surface area contributed by atoms with Crippen molar-refractivity contribution < 1.29 is 9.47 Å². The number of nitrogens with one attached hydrogen (secondary N) is 2. The first-order valence-electron chi connectivity index (χ1n) is 7.19. The van der Waals surface area contributed by atoms with E-state index in [9.17, 15) is 0 Å². The summed E-state index contributed by atoms with van der Waals surface area (Å²) in [7, 11) is 3.31. The number of methoxy groups -OCH3 is 2. The van der Waals surface area contributed by atoms with Crippen molar-refractivity contribution in [3.8, 4) is 11.5 Å². The van der Waals surface area contributed by atoms with E-state index in [0.717, 1.165) is 36.7 Å². The highest BCUT2D eigenvalue weighted by atomic mass is 16.5. The minimum absolute atomic E-state index is 0.333. The van der Waals surface area contributed by atoms with Crippen LogP contribution in [0.1, 0.15) is 18.3 Å². The van der Waals surface area contributed by atoms with Gasteiger partial charge in [0.05, 0.1) is 14.2 Å². The molecule has 1 atom stereocenters. The number of aromatic amines is 1. The van der Waals surface area contributed by atoms with Crippen LogP contribution < -0.4 is 14.8 Å². The number of rotatable bonds is 8. The summed E-state index contributed by atoms with van der Waals surface area (Å²) in [5.74, 6) is 2.52. The smallest absolute Gasteiger partial charge is 0.160 e. The monoisotopic (exact) mass is 289 g/mol. The Morgan fingerprint density at radius 3 is 2.62 bits per heavy atom. The first-order valence-corrected chi connectivity index (χ1v) is 7.19. The van der Waals surface area contributed by atoms with Crippen LogP contribution in [0.2, 0.25) is 0 Å². The molecule has 0 fully saturated rings. The Morgan fingerprint density at radius 2 is 2.00 bits per heavy atom. The topological polar surface area (TPSA) is 59.2 Å². The first kappa shape index (κ1) is 15.4. The average molecular weight is 289 g/mol. The predicted octanol–water partition coefficient (Wildman–Crippen LogP) is 2.19. The highest BCUT2D eigenvalue weighted by Crippen LogP contribution is 2.28. The normalized spacial score (nSPS) is 12.1. The van der Waals surface area contributed by atoms with Crippen molar-refractivity contribution in [2.45, 2.75) is 25.8 Å². The summed E-state index contributed by atoms with van der Waals surface area (Å²) in [4.78, 5) is 7.46. The molecular formula is C16H23N3O2. The summed E-state index contributed by atoms with van der Waals surface area (Å²) in [6.45, 7) is 3.04. The Morgan fingerprint density at radius 1 is 1.19 bits per heavy atom. The van der Waals surface area contributed by atoms with Crippen LogP contribution in [0, 0.1) is 0 Å². The zero-order valence-corrected chi connectivity index (χ0v) is 12.8. The zero-order valence-electron chi connectivity index (χ0n) is 12.8. The largest absolute Gasteiger partial charge is 0.493 e. The van der Waals surface area contributed by atoms with Gasteiger partial charge in [-0.05, 0) is 30.7 Å². The number of hydrogen-bond acceptors (Lipinski definition) is 4. The zero-order chi connectivity index (χ0) is 15.1. The molecule has 2 aromatic rings. The van der Waals surface area contributed by atoms with Crippen molar-refractivity contribution >= 4 is 0 Å². The average Bonchev–Trinajstić information content (AvgIpc) is 3.00. The van der Waals surface area contributed by atoms with Crippen LogP contribution in [-0.4, -0.2) is 36.8 Å². The van der Waals surface area contributed by atoms with E-state index < -0.39 is 0 Å². The van der Waals surface area contributed by atoms with Crippen LogP contribution in [0.5, 0.6) is 11.5 Å². The fourth-order valence-electron chi connectivity index (χ4n) is 2.44. The summed E-state index contributed by atoms with van der Waals surface area (Å²) in [5.41, 5.74) is 1.21. The molecule has 0 spiro atoms. The van der Waals surface area contributed by atoms with E-state index in [-0.39, 0.29) is 0 Å². The number of nitrogens with zero attached hydrogens (tertiary/aromatic N) is 1. The van der Waals surface area contributed by atoms with E-state index in [4.69, 9.17) is 9.47 Å². The van der Waals surface area contributed by atoms with Gasteiger partial charge in [0.15, 0.2) is 11.5 Å². The summed E-state index contributed by atoms with van der Waals surface area (Å²) in [6, 6.07) is 6.39. The molecule has 114 valence electrons. The van der Waals surface area contributed by atoms with E-state index in [1.54, 1.807) is 20.4 Å². The molecule has 0 saturated heterocycles. The van der Waals surface area contributed by atoms with Crippen LogP contribution >= 0.6 is 0 Å². The van der Waals surface area contributed by atoms with Crippen molar-refractivity contribution in [1.82, 2.24) is 15.3 Å². The number of ether oxygens (including phenoxy) is 2. The number of aromatic nitrogens is 2. The van der Waals surface area contributed by atoms with Crippen molar-refractivity contribution in [3.05, 3.63) is 42.0 Å². The maximum absolute atomic E-state index is 5.36. The lowest BCUT2D eigenvalue weighted by atomic mass is 10.0. The Labute approximate surface area is 125 Å². The molecule has 1 aromatic carbocycles. The molecule has 0 radical (unpaired) electrons. The van der Waals surface area contributed by atoms with Crippen LogP contribution in [0.25, 0.3) is 0 Å². The second kappa shape index (κ2) is 7.69. The van der Waals surface area contributed by atoms with E-state index in [0.29, 0.717) is 6.04 Å². The van der Waals surface area contributed by atoms with E-state index >= 15 is 0 Å². The standard InChI is InChI=1S/C16H23N3O2/c1-4-17-13(11-16-18-7-8-19-16)9-12-5-6-14(20-2)15(10-12)21-3/h5-8,10,13,17H,4,9,11H2,1-3H3,(H,18,19). The lowest BCUT2D eigenvalue weighted by Crippen LogP contribution is -2.33.